The number of rotatable bonds is 3. The predicted octanol–water partition coefficient (Wildman–Crippen LogP) is 0.870. The van der Waals surface area contributed by atoms with Crippen molar-refractivity contribution >= 4 is 0 Å². The summed E-state index contributed by atoms with van der Waals surface area (Å²) in [6, 6.07) is 4.39. The lowest BCUT2D eigenvalue weighted by atomic mass is 9.93. The molecule has 1 aromatic heterocycles. The summed E-state index contributed by atoms with van der Waals surface area (Å²) in [6.07, 6.45) is 5.54. The first-order chi connectivity index (χ1) is 7.34. The zero-order valence-corrected chi connectivity index (χ0v) is 8.76. The van der Waals surface area contributed by atoms with Crippen molar-refractivity contribution in [3.05, 3.63) is 24.0 Å². The second-order valence-electron chi connectivity index (χ2n) is 4.10. The molecule has 1 heterocycles. The SMILES string of the molecule is OC1CCC(NCc2cccnn2)CC1. The average molecular weight is 207 g/mol. The Bertz CT molecular complexity index is 283. The van der Waals surface area contributed by atoms with Gasteiger partial charge in [-0.1, -0.05) is 0 Å². The van der Waals surface area contributed by atoms with Crippen LogP contribution in [-0.2, 0) is 6.54 Å². The quantitative estimate of drug-likeness (QED) is 0.772. The molecule has 0 radical (unpaired) electrons. The summed E-state index contributed by atoms with van der Waals surface area (Å²) in [4.78, 5) is 0. The van der Waals surface area contributed by atoms with Crippen molar-refractivity contribution in [1.29, 1.82) is 0 Å². The minimum Gasteiger partial charge on any atom is -0.393 e. The van der Waals surface area contributed by atoms with Gasteiger partial charge in [0.2, 0.25) is 0 Å². The van der Waals surface area contributed by atoms with Crippen LogP contribution in [0.15, 0.2) is 18.3 Å². The first-order valence-electron chi connectivity index (χ1n) is 5.52. The Morgan fingerprint density at radius 1 is 1.33 bits per heavy atom. The van der Waals surface area contributed by atoms with Crippen molar-refractivity contribution < 1.29 is 5.11 Å². The Hall–Kier alpha value is -1.00. The van der Waals surface area contributed by atoms with E-state index < -0.39 is 0 Å². The fourth-order valence-corrected chi connectivity index (χ4v) is 1.96. The zero-order chi connectivity index (χ0) is 10.5. The van der Waals surface area contributed by atoms with Gasteiger partial charge in [-0.2, -0.15) is 10.2 Å². The van der Waals surface area contributed by atoms with Crippen molar-refractivity contribution in [3.63, 3.8) is 0 Å². The molecular weight excluding hydrogens is 190 g/mol. The molecule has 15 heavy (non-hydrogen) atoms. The summed E-state index contributed by atoms with van der Waals surface area (Å²) in [6.45, 7) is 0.772. The third-order valence-electron chi connectivity index (χ3n) is 2.90. The Balaban J connectivity index is 1.74. The van der Waals surface area contributed by atoms with E-state index in [2.05, 4.69) is 15.5 Å². The third-order valence-corrected chi connectivity index (χ3v) is 2.90. The van der Waals surface area contributed by atoms with Crippen molar-refractivity contribution in [2.75, 3.05) is 0 Å². The predicted molar refractivity (Wildman–Crippen MR) is 57.1 cm³/mol. The van der Waals surface area contributed by atoms with Gasteiger partial charge in [-0.3, -0.25) is 0 Å². The summed E-state index contributed by atoms with van der Waals surface area (Å²) in [5, 5.41) is 20.7. The van der Waals surface area contributed by atoms with Gasteiger partial charge in [-0.05, 0) is 37.8 Å². The van der Waals surface area contributed by atoms with Crippen molar-refractivity contribution in [2.24, 2.45) is 0 Å². The molecule has 0 aromatic carbocycles. The lowest BCUT2D eigenvalue weighted by molar-refractivity contribution is 0.116. The van der Waals surface area contributed by atoms with Gasteiger partial charge in [-0.25, -0.2) is 0 Å². The number of aliphatic hydroxyl groups excluding tert-OH is 1. The van der Waals surface area contributed by atoms with Crippen LogP contribution in [0.5, 0.6) is 0 Å². The van der Waals surface area contributed by atoms with E-state index in [1.54, 1.807) is 6.20 Å². The fraction of sp³-hybridized carbons (Fsp3) is 0.636. The van der Waals surface area contributed by atoms with Gasteiger partial charge in [0.25, 0.3) is 0 Å². The molecule has 4 nitrogen and oxygen atoms in total. The third kappa shape index (κ3) is 3.25. The molecule has 0 spiro atoms. The molecule has 1 fully saturated rings. The molecule has 1 aromatic rings. The Kier molecular flexibility index (Phi) is 3.64. The van der Waals surface area contributed by atoms with Crippen molar-refractivity contribution in [1.82, 2.24) is 15.5 Å². The summed E-state index contributed by atoms with van der Waals surface area (Å²) in [5.74, 6) is 0. The van der Waals surface area contributed by atoms with Crippen LogP contribution in [0, 0.1) is 0 Å². The highest BCUT2D eigenvalue weighted by Gasteiger charge is 2.18. The van der Waals surface area contributed by atoms with E-state index in [1.807, 2.05) is 12.1 Å². The van der Waals surface area contributed by atoms with Crippen molar-refractivity contribution in [2.45, 2.75) is 44.4 Å². The fourth-order valence-electron chi connectivity index (χ4n) is 1.96. The zero-order valence-electron chi connectivity index (χ0n) is 8.76. The lowest BCUT2D eigenvalue weighted by Crippen LogP contribution is -2.34. The van der Waals surface area contributed by atoms with Crippen LogP contribution in [-0.4, -0.2) is 27.4 Å². The van der Waals surface area contributed by atoms with E-state index in [0.717, 1.165) is 37.9 Å². The molecule has 1 aliphatic carbocycles. The maximum absolute atomic E-state index is 9.36. The molecule has 0 amide bonds. The van der Waals surface area contributed by atoms with Crippen LogP contribution in [0.4, 0.5) is 0 Å². The van der Waals surface area contributed by atoms with Crippen LogP contribution in [0.25, 0.3) is 0 Å². The monoisotopic (exact) mass is 207 g/mol. The number of hydrogen-bond acceptors (Lipinski definition) is 4. The van der Waals surface area contributed by atoms with E-state index in [-0.39, 0.29) is 6.10 Å². The van der Waals surface area contributed by atoms with Gasteiger partial charge in [0.05, 0.1) is 11.8 Å². The second kappa shape index (κ2) is 5.19. The minimum atomic E-state index is -0.0837. The molecular formula is C11H17N3O. The Labute approximate surface area is 89.7 Å². The topological polar surface area (TPSA) is 58.0 Å². The largest absolute Gasteiger partial charge is 0.393 e. The number of nitrogens with zero attached hydrogens (tertiary/aromatic N) is 2. The molecule has 82 valence electrons. The highest BCUT2D eigenvalue weighted by Crippen LogP contribution is 2.18. The first kappa shape index (κ1) is 10.5. The van der Waals surface area contributed by atoms with Gasteiger partial charge in [0.1, 0.15) is 0 Å². The van der Waals surface area contributed by atoms with Gasteiger partial charge in [-0.15, -0.1) is 0 Å². The molecule has 0 aliphatic heterocycles. The first-order valence-corrected chi connectivity index (χ1v) is 5.52. The molecule has 2 N–H and O–H groups in total. The van der Waals surface area contributed by atoms with E-state index in [0.29, 0.717) is 6.04 Å². The molecule has 4 heteroatoms. The number of aromatic nitrogens is 2. The standard InChI is InChI=1S/C11H17N3O/c15-11-5-3-9(4-6-11)12-8-10-2-1-7-13-14-10/h1-2,7,9,11-12,15H,3-6,8H2. The van der Waals surface area contributed by atoms with E-state index in [1.165, 1.54) is 0 Å². The molecule has 0 saturated heterocycles. The Morgan fingerprint density at radius 3 is 2.80 bits per heavy atom. The highest BCUT2D eigenvalue weighted by atomic mass is 16.3. The molecule has 2 rings (SSSR count). The molecule has 1 aliphatic rings. The van der Waals surface area contributed by atoms with Gasteiger partial charge < -0.3 is 10.4 Å². The maximum atomic E-state index is 9.36. The second-order valence-corrected chi connectivity index (χ2v) is 4.10. The van der Waals surface area contributed by atoms with Crippen LogP contribution >= 0.6 is 0 Å². The van der Waals surface area contributed by atoms with E-state index >= 15 is 0 Å². The molecule has 1 saturated carbocycles. The van der Waals surface area contributed by atoms with E-state index in [4.69, 9.17) is 0 Å². The summed E-state index contributed by atoms with van der Waals surface area (Å²) in [5.41, 5.74) is 0.976. The number of aliphatic hydroxyl groups is 1. The minimum absolute atomic E-state index is 0.0837. The Morgan fingerprint density at radius 2 is 2.13 bits per heavy atom. The average Bonchev–Trinajstić information content (AvgIpc) is 2.30. The summed E-state index contributed by atoms with van der Waals surface area (Å²) in [7, 11) is 0. The van der Waals surface area contributed by atoms with Gasteiger partial charge in [0, 0.05) is 18.8 Å². The number of hydrogen-bond donors (Lipinski definition) is 2. The highest BCUT2D eigenvalue weighted by molar-refractivity contribution is 4.98. The van der Waals surface area contributed by atoms with Crippen molar-refractivity contribution in [3.8, 4) is 0 Å². The van der Waals surface area contributed by atoms with Crippen LogP contribution in [0.3, 0.4) is 0 Å². The summed E-state index contributed by atoms with van der Waals surface area (Å²) < 4.78 is 0. The summed E-state index contributed by atoms with van der Waals surface area (Å²) >= 11 is 0. The lowest BCUT2D eigenvalue weighted by Gasteiger charge is -2.26. The van der Waals surface area contributed by atoms with E-state index in [9.17, 15) is 5.11 Å². The van der Waals surface area contributed by atoms with Crippen LogP contribution in [0.2, 0.25) is 0 Å². The van der Waals surface area contributed by atoms with Crippen LogP contribution < -0.4 is 5.32 Å². The maximum Gasteiger partial charge on any atom is 0.0769 e. The number of nitrogens with one attached hydrogen (secondary N) is 1. The smallest absolute Gasteiger partial charge is 0.0769 e. The normalized spacial score (nSPS) is 26.5. The van der Waals surface area contributed by atoms with Gasteiger partial charge in [0.15, 0.2) is 0 Å². The molecule has 0 unspecified atom stereocenters. The molecule has 0 bridgehead atoms. The molecule has 0 atom stereocenters. The van der Waals surface area contributed by atoms with Crippen LogP contribution in [0.1, 0.15) is 31.4 Å². The van der Waals surface area contributed by atoms with Gasteiger partial charge >= 0.3 is 0 Å².